The van der Waals surface area contributed by atoms with Crippen LogP contribution in [-0.4, -0.2) is 50.2 Å². The van der Waals surface area contributed by atoms with Gasteiger partial charge in [0.2, 0.25) is 0 Å². The van der Waals surface area contributed by atoms with Crippen molar-refractivity contribution in [2.45, 2.75) is 45.1 Å². The molecule has 2 aliphatic rings. The molecule has 0 aromatic carbocycles. The molecule has 1 saturated carbocycles. The topological polar surface area (TPSA) is 41.6 Å². The Morgan fingerprint density at radius 3 is 2.74 bits per heavy atom. The summed E-state index contributed by atoms with van der Waals surface area (Å²) in [4.78, 5) is 14.3. The maximum absolute atomic E-state index is 11.8. The van der Waals surface area contributed by atoms with Crippen LogP contribution >= 0.6 is 0 Å². The molecule has 3 atom stereocenters. The maximum atomic E-state index is 11.8. The molecule has 1 aliphatic carbocycles. The van der Waals surface area contributed by atoms with Crippen LogP contribution in [0, 0.1) is 11.8 Å². The van der Waals surface area contributed by atoms with E-state index in [-0.39, 0.29) is 12.0 Å². The van der Waals surface area contributed by atoms with Crippen molar-refractivity contribution in [3.63, 3.8) is 0 Å². The highest BCUT2D eigenvalue weighted by Crippen LogP contribution is 2.35. The quantitative estimate of drug-likeness (QED) is 0.770. The number of rotatable bonds is 5. The van der Waals surface area contributed by atoms with Gasteiger partial charge in [-0.05, 0) is 45.2 Å². The number of ether oxygens (including phenoxy) is 1. The summed E-state index contributed by atoms with van der Waals surface area (Å²) in [6.07, 6.45) is 6.92. The third kappa shape index (κ3) is 3.93. The lowest BCUT2D eigenvalue weighted by Crippen LogP contribution is -2.50. The van der Waals surface area contributed by atoms with E-state index < -0.39 is 0 Å². The predicted molar refractivity (Wildman–Crippen MR) is 76.0 cm³/mol. The highest BCUT2D eigenvalue weighted by Gasteiger charge is 2.32. The number of carbonyl (C=O) groups excluding carboxylic acids is 1. The van der Waals surface area contributed by atoms with Crippen molar-refractivity contribution >= 4 is 5.97 Å². The summed E-state index contributed by atoms with van der Waals surface area (Å²) in [5.74, 6) is 1.69. The molecular weight excluding hydrogens is 240 g/mol. The molecule has 0 amide bonds. The Hall–Kier alpha value is -0.610. The van der Waals surface area contributed by atoms with Crippen LogP contribution in [0.3, 0.4) is 0 Å². The Morgan fingerprint density at radius 2 is 2.05 bits per heavy atom. The fourth-order valence-corrected chi connectivity index (χ4v) is 3.63. The second-order valence-corrected chi connectivity index (χ2v) is 5.95. The number of carbonyl (C=O) groups is 1. The van der Waals surface area contributed by atoms with E-state index in [1.807, 2.05) is 14.0 Å². The van der Waals surface area contributed by atoms with Gasteiger partial charge in [-0.2, -0.15) is 0 Å². The molecule has 0 spiro atoms. The van der Waals surface area contributed by atoms with Crippen LogP contribution < -0.4 is 5.32 Å². The zero-order valence-electron chi connectivity index (χ0n) is 12.4. The van der Waals surface area contributed by atoms with Crippen LogP contribution in [-0.2, 0) is 9.53 Å². The van der Waals surface area contributed by atoms with Crippen molar-refractivity contribution in [3.8, 4) is 0 Å². The molecule has 110 valence electrons. The van der Waals surface area contributed by atoms with Gasteiger partial charge >= 0.3 is 5.97 Å². The van der Waals surface area contributed by atoms with Gasteiger partial charge in [0.15, 0.2) is 0 Å². The number of piperidine rings is 1. The smallest absolute Gasteiger partial charge is 0.324 e. The molecule has 1 aliphatic heterocycles. The molecule has 1 saturated heterocycles. The molecule has 2 rings (SSSR count). The zero-order chi connectivity index (χ0) is 13.7. The number of esters is 1. The minimum Gasteiger partial charge on any atom is -0.465 e. The number of likely N-dealkylation sites (tertiary alicyclic amines) is 1. The third-order valence-electron chi connectivity index (χ3n) is 4.74. The molecule has 0 aromatic heterocycles. The fraction of sp³-hybridized carbons (Fsp3) is 0.933. The normalized spacial score (nSPS) is 29.6. The largest absolute Gasteiger partial charge is 0.465 e. The molecule has 0 aromatic rings. The molecule has 1 N–H and O–H groups in total. The van der Waals surface area contributed by atoms with Gasteiger partial charge in [0.25, 0.3) is 0 Å². The number of nitrogens with zero attached hydrogens (tertiary/aromatic N) is 1. The number of hydrogen-bond donors (Lipinski definition) is 1. The Labute approximate surface area is 116 Å². The van der Waals surface area contributed by atoms with Crippen LogP contribution in [0.5, 0.6) is 0 Å². The zero-order valence-corrected chi connectivity index (χ0v) is 12.4. The minimum absolute atomic E-state index is 0.115. The summed E-state index contributed by atoms with van der Waals surface area (Å²) in [5, 5.41) is 3.09. The van der Waals surface area contributed by atoms with Gasteiger partial charge in [0.05, 0.1) is 6.61 Å². The minimum atomic E-state index is -0.180. The van der Waals surface area contributed by atoms with Crippen molar-refractivity contribution in [2.75, 3.05) is 33.3 Å². The highest BCUT2D eigenvalue weighted by molar-refractivity contribution is 5.76. The molecule has 1 heterocycles. The first kappa shape index (κ1) is 14.8. The second-order valence-electron chi connectivity index (χ2n) is 5.95. The van der Waals surface area contributed by atoms with E-state index in [2.05, 4.69) is 10.2 Å². The number of hydrogen-bond acceptors (Lipinski definition) is 4. The van der Waals surface area contributed by atoms with Crippen LogP contribution in [0.2, 0.25) is 0 Å². The third-order valence-corrected chi connectivity index (χ3v) is 4.74. The molecule has 0 radical (unpaired) electrons. The Morgan fingerprint density at radius 1 is 1.32 bits per heavy atom. The van der Waals surface area contributed by atoms with Crippen LogP contribution in [0.1, 0.15) is 39.0 Å². The SMILES string of the molecule is CCOC(=O)C(CN1CCC2CCCCC2C1)NC. The first-order chi connectivity index (χ1) is 9.24. The molecule has 4 heteroatoms. The molecule has 3 unspecified atom stereocenters. The summed E-state index contributed by atoms with van der Waals surface area (Å²) >= 11 is 0. The first-order valence-electron chi connectivity index (χ1n) is 7.80. The fourth-order valence-electron chi connectivity index (χ4n) is 3.63. The van der Waals surface area contributed by atoms with E-state index in [1.54, 1.807) is 0 Å². The first-order valence-corrected chi connectivity index (χ1v) is 7.80. The van der Waals surface area contributed by atoms with Crippen molar-refractivity contribution in [1.82, 2.24) is 10.2 Å². The lowest BCUT2D eigenvalue weighted by molar-refractivity contribution is -0.146. The van der Waals surface area contributed by atoms with Gasteiger partial charge in [0.1, 0.15) is 6.04 Å². The number of nitrogens with one attached hydrogen (secondary N) is 1. The van der Waals surface area contributed by atoms with Gasteiger partial charge in [-0.15, -0.1) is 0 Å². The lowest BCUT2D eigenvalue weighted by Gasteiger charge is -2.42. The predicted octanol–water partition coefficient (Wildman–Crippen LogP) is 1.65. The highest BCUT2D eigenvalue weighted by atomic mass is 16.5. The van der Waals surface area contributed by atoms with Crippen LogP contribution in [0.4, 0.5) is 0 Å². The molecule has 2 fully saturated rings. The van der Waals surface area contributed by atoms with E-state index in [0.29, 0.717) is 6.61 Å². The summed E-state index contributed by atoms with van der Waals surface area (Å²) in [5.41, 5.74) is 0. The molecule has 4 nitrogen and oxygen atoms in total. The summed E-state index contributed by atoms with van der Waals surface area (Å²) in [6.45, 7) is 5.42. The van der Waals surface area contributed by atoms with E-state index in [0.717, 1.165) is 24.9 Å². The van der Waals surface area contributed by atoms with Gasteiger partial charge in [-0.1, -0.05) is 19.3 Å². The average Bonchev–Trinajstić information content (AvgIpc) is 2.44. The van der Waals surface area contributed by atoms with E-state index >= 15 is 0 Å². The van der Waals surface area contributed by atoms with E-state index in [9.17, 15) is 4.79 Å². The van der Waals surface area contributed by atoms with Crippen molar-refractivity contribution in [1.29, 1.82) is 0 Å². The van der Waals surface area contributed by atoms with E-state index in [4.69, 9.17) is 4.74 Å². The molecule has 19 heavy (non-hydrogen) atoms. The standard InChI is InChI=1S/C15H28N2O2/c1-3-19-15(18)14(16-2)11-17-9-8-12-6-4-5-7-13(12)10-17/h12-14,16H,3-11H2,1-2H3. The Kier molecular flexibility index (Phi) is 5.64. The molecule has 0 bridgehead atoms. The van der Waals surface area contributed by atoms with Crippen LogP contribution in [0.15, 0.2) is 0 Å². The van der Waals surface area contributed by atoms with Crippen molar-refractivity contribution in [2.24, 2.45) is 11.8 Å². The van der Waals surface area contributed by atoms with Crippen LogP contribution in [0.25, 0.3) is 0 Å². The van der Waals surface area contributed by atoms with Gasteiger partial charge in [-0.25, -0.2) is 0 Å². The number of fused-ring (bicyclic) bond motifs is 1. The van der Waals surface area contributed by atoms with Gasteiger partial charge in [0, 0.05) is 13.1 Å². The monoisotopic (exact) mass is 268 g/mol. The van der Waals surface area contributed by atoms with Gasteiger partial charge in [-0.3, -0.25) is 4.79 Å². The Balaban J connectivity index is 1.83. The lowest BCUT2D eigenvalue weighted by atomic mass is 9.75. The van der Waals surface area contributed by atoms with Crippen molar-refractivity contribution < 1.29 is 9.53 Å². The molecular formula is C15H28N2O2. The van der Waals surface area contributed by atoms with Gasteiger partial charge < -0.3 is 15.0 Å². The average molecular weight is 268 g/mol. The Bertz CT molecular complexity index is 296. The summed E-state index contributed by atoms with van der Waals surface area (Å²) < 4.78 is 5.11. The second kappa shape index (κ2) is 7.25. The maximum Gasteiger partial charge on any atom is 0.324 e. The summed E-state index contributed by atoms with van der Waals surface area (Å²) in [7, 11) is 1.84. The number of likely N-dealkylation sites (N-methyl/N-ethyl adjacent to an activating group) is 1. The van der Waals surface area contributed by atoms with Crippen molar-refractivity contribution in [3.05, 3.63) is 0 Å². The van der Waals surface area contributed by atoms with E-state index in [1.165, 1.54) is 38.6 Å². The summed E-state index contributed by atoms with van der Waals surface area (Å²) in [6, 6.07) is -0.180.